The van der Waals surface area contributed by atoms with Crippen molar-refractivity contribution in [1.82, 2.24) is 5.32 Å². The Bertz CT molecular complexity index is 802. The summed E-state index contributed by atoms with van der Waals surface area (Å²) >= 11 is 0. The lowest BCUT2D eigenvalue weighted by molar-refractivity contribution is -0.137. The zero-order chi connectivity index (χ0) is 18.3. The van der Waals surface area contributed by atoms with Gasteiger partial charge in [0.05, 0.1) is 5.56 Å². The lowest BCUT2D eigenvalue weighted by atomic mass is 9.90. The monoisotopic (exact) mass is 396 g/mol. The molecule has 2 aromatic rings. The summed E-state index contributed by atoms with van der Waals surface area (Å²) < 4.78 is 38.7. The number of nitrogens with one attached hydrogen (secondary N) is 1. The standard InChI is InChI=1S/C21H23F3N2.ClH/c1-14-7-9-26(13-14)18-10-16-12-25-8-6-19(16)20(11-18)15-2-4-17(5-3-15)21(22,23)24;/h2-5,10-11,14,25H,6-9,12-13H2,1H3;1H. The van der Waals surface area contributed by atoms with Crippen LogP contribution >= 0.6 is 12.4 Å². The summed E-state index contributed by atoms with van der Waals surface area (Å²) in [7, 11) is 0. The molecule has 1 atom stereocenters. The van der Waals surface area contributed by atoms with Crippen molar-refractivity contribution >= 4 is 18.1 Å². The van der Waals surface area contributed by atoms with Crippen LogP contribution in [0, 0.1) is 5.92 Å². The highest BCUT2D eigenvalue weighted by molar-refractivity contribution is 5.85. The van der Waals surface area contributed by atoms with Crippen molar-refractivity contribution in [3.63, 3.8) is 0 Å². The molecule has 1 unspecified atom stereocenters. The van der Waals surface area contributed by atoms with E-state index in [0.717, 1.165) is 43.7 Å². The molecule has 1 N–H and O–H groups in total. The molecule has 0 aromatic heterocycles. The summed E-state index contributed by atoms with van der Waals surface area (Å²) in [6, 6.07) is 10.0. The van der Waals surface area contributed by atoms with Gasteiger partial charge in [-0.1, -0.05) is 19.1 Å². The number of fused-ring (bicyclic) bond motifs is 1. The smallest absolute Gasteiger partial charge is 0.371 e. The average molecular weight is 397 g/mol. The Morgan fingerprint density at radius 1 is 1.11 bits per heavy atom. The number of hydrogen-bond donors (Lipinski definition) is 1. The van der Waals surface area contributed by atoms with E-state index in [0.29, 0.717) is 5.92 Å². The predicted molar refractivity (Wildman–Crippen MR) is 106 cm³/mol. The minimum atomic E-state index is -4.30. The summed E-state index contributed by atoms with van der Waals surface area (Å²) in [5.74, 6) is 0.679. The molecule has 0 amide bonds. The first kappa shape index (κ1) is 20.0. The van der Waals surface area contributed by atoms with Gasteiger partial charge in [0.25, 0.3) is 0 Å². The van der Waals surface area contributed by atoms with Gasteiger partial charge in [-0.15, -0.1) is 12.4 Å². The van der Waals surface area contributed by atoms with E-state index in [1.807, 2.05) is 0 Å². The van der Waals surface area contributed by atoms with Crippen LogP contribution in [0.25, 0.3) is 11.1 Å². The Balaban J connectivity index is 0.00000210. The molecule has 2 aliphatic rings. The highest BCUT2D eigenvalue weighted by Gasteiger charge is 2.30. The van der Waals surface area contributed by atoms with Gasteiger partial charge in [0.1, 0.15) is 0 Å². The molecule has 6 heteroatoms. The molecule has 0 spiro atoms. The Morgan fingerprint density at radius 3 is 2.48 bits per heavy atom. The molecule has 0 aliphatic carbocycles. The number of anilines is 1. The van der Waals surface area contributed by atoms with Crippen LogP contribution in [0.3, 0.4) is 0 Å². The summed E-state index contributed by atoms with van der Waals surface area (Å²) in [4.78, 5) is 2.40. The number of nitrogens with zero attached hydrogens (tertiary/aromatic N) is 1. The minimum absolute atomic E-state index is 0. The van der Waals surface area contributed by atoms with E-state index >= 15 is 0 Å². The van der Waals surface area contributed by atoms with Gasteiger partial charge in [0.15, 0.2) is 0 Å². The second-order valence-corrected chi connectivity index (χ2v) is 7.47. The molecule has 0 saturated carbocycles. The molecule has 2 aliphatic heterocycles. The topological polar surface area (TPSA) is 15.3 Å². The van der Waals surface area contributed by atoms with E-state index in [4.69, 9.17) is 0 Å². The van der Waals surface area contributed by atoms with Crippen molar-refractivity contribution < 1.29 is 13.2 Å². The summed E-state index contributed by atoms with van der Waals surface area (Å²) in [6.45, 7) is 6.07. The van der Waals surface area contributed by atoms with Crippen LogP contribution in [-0.2, 0) is 19.1 Å². The van der Waals surface area contributed by atoms with Crippen LogP contribution in [0.15, 0.2) is 36.4 Å². The molecule has 2 heterocycles. The van der Waals surface area contributed by atoms with Crippen molar-refractivity contribution in [2.24, 2.45) is 5.92 Å². The molecule has 146 valence electrons. The molecular formula is C21H24ClF3N2. The largest absolute Gasteiger partial charge is 0.416 e. The van der Waals surface area contributed by atoms with Crippen LogP contribution in [0.1, 0.15) is 30.0 Å². The van der Waals surface area contributed by atoms with Crippen LogP contribution in [0.4, 0.5) is 18.9 Å². The third-order valence-electron chi connectivity index (χ3n) is 5.51. The van der Waals surface area contributed by atoms with Gasteiger partial charge in [-0.05, 0) is 71.8 Å². The fraction of sp³-hybridized carbons (Fsp3) is 0.429. The molecule has 1 fully saturated rings. The van der Waals surface area contributed by atoms with E-state index in [-0.39, 0.29) is 12.4 Å². The molecule has 2 aromatic carbocycles. The maximum atomic E-state index is 12.9. The molecule has 1 saturated heterocycles. The first-order valence-electron chi connectivity index (χ1n) is 9.21. The predicted octanol–water partition coefficient (Wildman–Crippen LogP) is 5.29. The lowest BCUT2D eigenvalue weighted by Gasteiger charge is -2.26. The van der Waals surface area contributed by atoms with Gasteiger partial charge in [-0.3, -0.25) is 0 Å². The molecular weight excluding hydrogens is 373 g/mol. The van der Waals surface area contributed by atoms with E-state index in [1.54, 1.807) is 12.1 Å². The Kier molecular flexibility index (Phi) is 5.73. The Labute approximate surface area is 164 Å². The van der Waals surface area contributed by atoms with Crippen LogP contribution in [-0.4, -0.2) is 19.6 Å². The Morgan fingerprint density at radius 2 is 1.85 bits per heavy atom. The van der Waals surface area contributed by atoms with Gasteiger partial charge in [0, 0.05) is 25.3 Å². The van der Waals surface area contributed by atoms with Gasteiger partial charge in [0.2, 0.25) is 0 Å². The molecule has 2 nitrogen and oxygen atoms in total. The Hall–Kier alpha value is -1.72. The maximum absolute atomic E-state index is 12.9. The van der Waals surface area contributed by atoms with E-state index in [2.05, 4.69) is 29.3 Å². The number of halogens is 4. The third kappa shape index (κ3) is 4.09. The fourth-order valence-corrected chi connectivity index (χ4v) is 4.05. The third-order valence-corrected chi connectivity index (χ3v) is 5.51. The molecule has 0 radical (unpaired) electrons. The van der Waals surface area contributed by atoms with Crippen LogP contribution in [0.2, 0.25) is 0 Å². The minimum Gasteiger partial charge on any atom is -0.371 e. The summed E-state index contributed by atoms with van der Waals surface area (Å²) in [5, 5.41) is 3.41. The number of hydrogen-bond acceptors (Lipinski definition) is 2. The molecule has 0 bridgehead atoms. The van der Waals surface area contributed by atoms with Crippen LogP contribution in [0.5, 0.6) is 0 Å². The average Bonchev–Trinajstić information content (AvgIpc) is 3.06. The zero-order valence-corrected chi connectivity index (χ0v) is 16.1. The van der Waals surface area contributed by atoms with E-state index < -0.39 is 11.7 Å². The fourth-order valence-electron chi connectivity index (χ4n) is 4.05. The first-order valence-corrected chi connectivity index (χ1v) is 9.21. The van der Waals surface area contributed by atoms with E-state index in [9.17, 15) is 13.2 Å². The van der Waals surface area contributed by atoms with Gasteiger partial charge in [-0.25, -0.2) is 0 Å². The van der Waals surface area contributed by atoms with Crippen molar-refractivity contribution in [2.75, 3.05) is 24.5 Å². The van der Waals surface area contributed by atoms with Crippen molar-refractivity contribution in [3.05, 3.63) is 53.1 Å². The summed E-state index contributed by atoms with van der Waals surface area (Å²) in [6.07, 6.45) is -2.21. The quantitative estimate of drug-likeness (QED) is 0.742. The second-order valence-electron chi connectivity index (χ2n) is 7.47. The zero-order valence-electron chi connectivity index (χ0n) is 15.3. The highest BCUT2D eigenvalue weighted by Crippen LogP contribution is 2.36. The van der Waals surface area contributed by atoms with E-state index in [1.165, 1.54) is 35.4 Å². The van der Waals surface area contributed by atoms with Crippen molar-refractivity contribution in [3.8, 4) is 11.1 Å². The van der Waals surface area contributed by atoms with Gasteiger partial charge in [-0.2, -0.15) is 13.2 Å². The lowest BCUT2D eigenvalue weighted by Crippen LogP contribution is -2.26. The number of rotatable bonds is 2. The highest BCUT2D eigenvalue weighted by atomic mass is 35.5. The SMILES string of the molecule is CC1CCN(c2cc3c(c(-c4ccc(C(F)(F)F)cc4)c2)CCNC3)C1.Cl. The first-order chi connectivity index (χ1) is 12.4. The summed E-state index contributed by atoms with van der Waals surface area (Å²) in [5.41, 5.74) is 5.06. The normalized spacial score (nSPS) is 19.6. The van der Waals surface area contributed by atoms with Crippen LogP contribution < -0.4 is 10.2 Å². The van der Waals surface area contributed by atoms with Gasteiger partial charge >= 0.3 is 6.18 Å². The second kappa shape index (κ2) is 7.72. The molecule has 27 heavy (non-hydrogen) atoms. The van der Waals surface area contributed by atoms with Crippen molar-refractivity contribution in [2.45, 2.75) is 32.5 Å². The molecule has 4 rings (SSSR count). The van der Waals surface area contributed by atoms with Gasteiger partial charge < -0.3 is 10.2 Å². The van der Waals surface area contributed by atoms with Crippen molar-refractivity contribution in [1.29, 1.82) is 0 Å². The number of alkyl halides is 3. The number of benzene rings is 2. The maximum Gasteiger partial charge on any atom is 0.416 e.